The first kappa shape index (κ1) is 15.2. The molecule has 0 aliphatic heterocycles. The van der Waals surface area contributed by atoms with Crippen molar-refractivity contribution in [2.24, 2.45) is 0 Å². The Kier molecular flexibility index (Phi) is 3.90. The molecule has 3 aromatic rings. The lowest BCUT2D eigenvalue weighted by atomic mass is 9.82. The van der Waals surface area contributed by atoms with Gasteiger partial charge in [0, 0.05) is 0 Å². The third-order valence-electron chi connectivity index (χ3n) is 4.61. The van der Waals surface area contributed by atoms with Gasteiger partial charge in [0.05, 0.1) is 9.65 Å². The van der Waals surface area contributed by atoms with Crippen LogP contribution in [0.15, 0.2) is 66.7 Å². The standard InChI is InChI=1S/C21H16Br2/c1-13-7-6-12-15-14-8-2-4-10-17(14)20(22)21(23)18-11-5-3-9-16(18)19(13)15/h2-12,20-21H,1H3/t20-,21+/m1/s1. The highest BCUT2D eigenvalue weighted by Gasteiger charge is 2.28. The van der Waals surface area contributed by atoms with E-state index in [2.05, 4.69) is 106 Å². The van der Waals surface area contributed by atoms with Crippen LogP contribution in [0.5, 0.6) is 0 Å². The van der Waals surface area contributed by atoms with E-state index in [0.717, 1.165) is 0 Å². The maximum Gasteiger partial charge on any atom is 0.0567 e. The smallest absolute Gasteiger partial charge is 0.0567 e. The number of benzene rings is 3. The highest BCUT2D eigenvalue weighted by atomic mass is 79.9. The number of hydrogen-bond acceptors (Lipinski definition) is 0. The average Bonchev–Trinajstić information content (AvgIpc) is 2.59. The molecule has 0 unspecified atom stereocenters. The van der Waals surface area contributed by atoms with E-state index in [1.54, 1.807) is 0 Å². The molecule has 0 aromatic heterocycles. The number of halogens is 2. The molecule has 0 spiro atoms. The van der Waals surface area contributed by atoms with E-state index in [1.165, 1.54) is 38.9 Å². The molecule has 0 nitrogen and oxygen atoms in total. The highest BCUT2D eigenvalue weighted by Crippen LogP contribution is 2.52. The van der Waals surface area contributed by atoms with Crippen molar-refractivity contribution < 1.29 is 0 Å². The summed E-state index contributed by atoms with van der Waals surface area (Å²) in [5.41, 5.74) is 9.28. The van der Waals surface area contributed by atoms with Crippen LogP contribution in [0.2, 0.25) is 0 Å². The number of aryl methyl sites for hydroxylation is 1. The van der Waals surface area contributed by atoms with E-state index in [1.807, 2.05) is 0 Å². The van der Waals surface area contributed by atoms with Gasteiger partial charge in [0.2, 0.25) is 0 Å². The molecule has 0 N–H and O–H groups in total. The Morgan fingerprint density at radius 1 is 0.609 bits per heavy atom. The summed E-state index contributed by atoms with van der Waals surface area (Å²) in [6.45, 7) is 2.20. The van der Waals surface area contributed by atoms with Crippen LogP contribution in [-0.4, -0.2) is 0 Å². The van der Waals surface area contributed by atoms with Gasteiger partial charge in [-0.1, -0.05) is 98.6 Å². The lowest BCUT2D eigenvalue weighted by molar-refractivity contribution is 0.938. The van der Waals surface area contributed by atoms with Crippen LogP contribution in [0.4, 0.5) is 0 Å². The zero-order chi connectivity index (χ0) is 16.0. The van der Waals surface area contributed by atoms with Crippen LogP contribution >= 0.6 is 31.9 Å². The van der Waals surface area contributed by atoms with Crippen LogP contribution in [-0.2, 0) is 0 Å². The van der Waals surface area contributed by atoms with Gasteiger partial charge in [0.25, 0.3) is 0 Å². The minimum Gasteiger partial charge on any atom is -0.0823 e. The fourth-order valence-corrected chi connectivity index (χ4v) is 4.88. The lowest BCUT2D eigenvalue weighted by Crippen LogP contribution is -2.07. The second-order valence-corrected chi connectivity index (χ2v) is 7.95. The Labute approximate surface area is 153 Å². The molecule has 3 aromatic carbocycles. The highest BCUT2D eigenvalue weighted by molar-refractivity contribution is 9.12. The number of rotatable bonds is 0. The molecule has 0 fully saturated rings. The van der Waals surface area contributed by atoms with Gasteiger partial charge in [-0.05, 0) is 45.9 Å². The zero-order valence-electron chi connectivity index (χ0n) is 12.8. The van der Waals surface area contributed by atoms with Gasteiger partial charge >= 0.3 is 0 Å². The van der Waals surface area contributed by atoms with E-state index >= 15 is 0 Å². The predicted molar refractivity (Wildman–Crippen MR) is 105 cm³/mol. The Morgan fingerprint density at radius 2 is 1.13 bits per heavy atom. The summed E-state index contributed by atoms with van der Waals surface area (Å²) >= 11 is 7.87. The third-order valence-corrected chi connectivity index (χ3v) is 7.36. The summed E-state index contributed by atoms with van der Waals surface area (Å²) in [4.78, 5) is 0.459. The van der Waals surface area contributed by atoms with Crippen molar-refractivity contribution in [1.29, 1.82) is 0 Å². The molecule has 0 radical (unpaired) electrons. The Balaban J connectivity index is 2.17. The van der Waals surface area contributed by atoms with Crippen molar-refractivity contribution in [1.82, 2.24) is 0 Å². The molecule has 0 heterocycles. The van der Waals surface area contributed by atoms with Crippen molar-refractivity contribution in [2.45, 2.75) is 16.6 Å². The van der Waals surface area contributed by atoms with E-state index in [0.29, 0.717) is 0 Å². The molecule has 23 heavy (non-hydrogen) atoms. The molecule has 0 amide bonds. The molecule has 0 bridgehead atoms. The van der Waals surface area contributed by atoms with E-state index in [4.69, 9.17) is 0 Å². The van der Waals surface area contributed by atoms with E-state index in [9.17, 15) is 0 Å². The Bertz CT molecular complexity index is 883. The van der Waals surface area contributed by atoms with E-state index < -0.39 is 0 Å². The van der Waals surface area contributed by atoms with Crippen molar-refractivity contribution in [3.05, 3.63) is 83.4 Å². The first-order chi connectivity index (χ1) is 11.2. The molecule has 1 aliphatic rings. The maximum absolute atomic E-state index is 3.94. The van der Waals surface area contributed by atoms with E-state index in [-0.39, 0.29) is 9.65 Å². The van der Waals surface area contributed by atoms with Gasteiger partial charge in [0.15, 0.2) is 0 Å². The van der Waals surface area contributed by atoms with Crippen molar-refractivity contribution in [2.75, 3.05) is 0 Å². The zero-order valence-corrected chi connectivity index (χ0v) is 15.9. The molecule has 0 saturated heterocycles. The molecule has 0 saturated carbocycles. The summed E-state index contributed by atoms with van der Waals surface area (Å²) in [5.74, 6) is 0. The number of hydrogen-bond donors (Lipinski definition) is 0. The fourth-order valence-electron chi connectivity index (χ4n) is 3.51. The molecular formula is C21H16Br2. The summed E-state index contributed by atoms with van der Waals surface area (Å²) in [5, 5.41) is 0. The van der Waals surface area contributed by atoms with Gasteiger partial charge in [-0.25, -0.2) is 0 Å². The number of alkyl halides is 2. The second kappa shape index (κ2) is 5.92. The largest absolute Gasteiger partial charge is 0.0823 e. The maximum atomic E-state index is 3.94. The SMILES string of the molecule is Cc1cccc2c1-c1ccccc1[C@H](Br)[C@H](Br)c1ccccc1-2. The minimum absolute atomic E-state index is 0.229. The molecular weight excluding hydrogens is 412 g/mol. The van der Waals surface area contributed by atoms with Crippen LogP contribution in [0, 0.1) is 6.92 Å². The molecule has 114 valence electrons. The fraction of sp³-hybridized carbons (Fsp3) is 0.143. The van der Waals surface area contributed by atoms with Gasteiger partial charge in [-0.3, -0.25) is 0 Å². The van der Waals surface area contributed by atoms with Crippen LogP contribution in [0.3, 0.4) is 0 Å². The molecule has 2 heteroatoms. The van der Waals surface area contributed by atoms with Gasteiger partial charge in [-0.15, -0.1) is 0 Å². The molecule has 2 atom stereocenters. The minimum atomic E-state index is 0.229. The van der Waals surface area contributed by atoms with Crippen LogP contribution in [0.25, 0.3) is 22.3 Å². The van der Waals surface area contributed by atoms with Gasteiger partial charge < -0.3 is 0 Å². The van der Waals surface area contributed by atoms with Crippen molar-refractivity contribution >= 4 is 31.9 Å². The topological polar surface area (TPSA) is 0 Å². The molecule has 1 aliphatic carbocycles. The average molecular weight is 428 g/mol. The first-order valence-electron chi connectivity index (χ1n) is 7.75. The lowest BCUT2D eigenvalue weighted by Gasteiger charge is -2.28. The summed E-state index contributed by atoms with van der Waals surface area (Å²) in [7, 11) is 0. The van der Waals surface area contributed by atoms with Crippen LogP contribution < -0.4 is 0 Å². The van der Waals surface area contributed by atoms with Crippen LogP contribution in [0.1, 0.15) is 26.3 Å². The van der Waals surface area contributed by atoms with Crippen molar-refractivity contribution in [3.63, 3.8) is 0 Å². The Morgan fingerprint density at radius 3 is 1.83 bits per heavy atom. The van der Waals surface area contributed by atoms with Gasteiger partial charge in [0.1, 0.15) is 0 Å². The quantitative estimate of drug-likeness (QED) is 0.332. The molecule has 4 rings (SSSR count). The van der Waals surface area contributed by atoms with Gasteiger partial charge in [-0.2, -0.15) is 0 Å². The first-order valence-corrected chi connectivity index (χ1v) is 9.58. The number of fused-ring (bicyclic) bond motifs is 5. The second-order valence-electron chi connectivity index (χ2n) is 5.98. The monoisotopic (exact) mass is 426 g/mol. The predicted octanol–water partition coefficient (Wildman–Crippen LogP) is 7.21. The summed E-state index contributed by atoms with van der Waals surface area (Å²) in [6.07, 6.45) is 0. The normalized spacial score (nSPS) is 19.1. The summed E-state index contributed by atoms with van der Waals surface area (Å²) < 4.78 is 0. The van der Waals surface area contributed by atoms with Crippen molar-refractivity contribution in [3.8, 4) is 22.3 Å². The Hall–Kier alpha value is -1.38. The third kappa shape index (κ3) is 2.40. The summed E-state index contributed by atoms with van der Waals surface area (Å²) in [6, 6.07) is 24.0.